The summed E-state index contributed by atoms with van der Waals surface area (Å²) >= 11 is 0. The Balaban J connectivity index is 0.000000216. The Morgan fingerprint density at radius 2 is 1.76 bits per heavy atom. The normalized spacial score (nSPS) is 10.9. The SMILES string of the molecule is CCc1cc2cccc(CC(=O)C(C)C)c2c(=O)n1-c1ccccc1.NC(=O)c1c(N)nn2cccnc12. The van der Waals surface area contributed by atoms with Gasteiger partial charge in [-0.15, -0.1) is 5.10 Å². The molecule has 0 bridgehead atoms. The number of fused-ring (bicyclic) bond motifs is 2. The van der Waals surface area contributed by atoms with Crippen LogP contribution in [0.3, 0.4) is 0 Å². The number of nitrogen functional groups attached to an aromatic ring is 1. The molecule has 0 fully saturated rings. The monoisotopic (exact) mass is 510 g/mol. The zero-order chi connectivity index (χ0) is 27.4. The fourth-order valence-corrected chi connectivity index (χ4v) is 4.29. The van der Waals surface area contributed by atoms with Crippen molar-refractivity contribution < 1.29 is 9.59 Å². The number of hydrogen-bond donors (Lipinski definition) is 2. The molecule has 0 radical (unpaired) electrons. The van der Waals surface area contributed by atoms with Gasteiger partial charge in [0.2, 0.25) is 0 Å². The highest BCUT2D eigenvalue weighted by Gasteiger charge is 2.17. The molecule has 0 saturated heterocycles. The average Bonchev–Trinajstić information content (AvgIpc) is 3.25. The number of rotatable bonds is 6. The number of hydrogen-bond acceptors (Lipinski definition) is 6. The molecule has 9 nitrogen and oxygen atoms in total. The Morgan fingerprint density at radius 3 is 2.42 bits per heavy atom. The molecule has 38 heavy (non-hydrogen) atoms. The Kier molecular flexibility index (Phi) is 7.66. The van der Waals surface area contributed by atoms with Gasteiger partial charge in [0.1, 0.15) is 11.3 Å². The third-order valence-electron chi connectivity index (χ3n) is 6.26. The molecule has 4 N–H and O–H groups in total. The lowest BCUT2D eigenvalue weighted by Crippen LogP contribution is -2.23. The molecule has 0 aliphatic heterocycles. The van der Waals surface area contributed by atoms with Crippen molar-refractivity contribution in [3.8, 4) is 5.69 Å². The minimum Gasteiger partial charge on any atom is -0.381 e. The summed E-state index contributed by atoms with van der Waals surface area (Å²) in [7, 11) is 0. The van der Waals surface area contributed by atoms with Gasteiger partial charge in [0.15, 0.2) is 11.5 Å². The highest BCUT2D eigenvalue weighted by molar-refractivity contribution is 6.03. The number of para-hydroxylation sites is 1. The van der Waals surface area contributed by atoms with Crippen LogP contribution in [0, 0.1) is 5.92 Å². The van der Waals surface area contributed by atoms with Gasteiger partial charge in [0.05, 0.1) is 5.39 Å². The quantitative estimate of drug-likeness (QED) is 0.357. The first-order chi connectivity index (χ1) is 18.2. The van der Waals surface area contributed by atoms with Crippen molar-refractivity contribution in [2.45, 2.75) is 33.6 Å². The number of aromatic nitrogens is 4. The predicted octanol–water partition coefficient (Wildman–Crippen LogP) is 3.73. The van der Waals surface area contributed by atoms with Crippen LogP contribution in [-0.4, -0.2) is 30.9 Å². The maximum absolute atomic E-state index is 13.3. The molecule has 3 aromatic heterocycles. The number of aryl methyl sites for hydroxylation is 1. The van der Waals surface area contributed by atoms with Crippen LogP contribution in [0.2, 0.25) is 0 Å². The Morgan fingerprint density at radius 1 is 1.03 bits per heavy atom. The van der Waals surface area contributed by atoms with E-state index in [-0.39, 0.29) is 28.6 Å². The summed E-state index contributed by atoms with van der Waals surface area (Å²) in [5.41, 5.74) is 13.7. The molecular formula is C29H30N6O3. The molecule has 5 rings (SSSR count). The number of amides is 1. The van der Waals surface area contributed by atoms with Crippen LogP contribution in [0.1, 0.15) is 42.4 Å². The lowest BCUT2D eigenvalue weighted by molar-refractivity contribution is -0.121. The van der Waals surface area contributed by atoms with Crippen LogP contribution in [0.5, 0.6) is 0 Å². The van der Waals surface area contributed by atoms with E-state index in [9.17, 15) is 14.4 Å². The van der Waals surface area contributed by atoms with Crippen LogP contribution in [-0.2, 0) is 17.6 Å². The van der Waals surface area contributed by atoms with E-state index in [1.54, 1.807) is 23.0 Å². The average molecular weight is 511 g/mol. The molecule has 1 amide bonds. The number of carbonyl (C=O) groups excluding carboxylic acids is 2. The standard InChI is InChI=1S/C22H23NO2.C7H7N5O/c1-4-18-13-16-9-8-10-17(14-20(24)15(2)3)21(16)22(25)23(18)19-11-6-5-7-12-19;8-5-4(6(9)13)7-10-2-1-3-12(7)11-5/h5-13,15H,4,14H2,1-3H3;1-3H,(H2,8,11)(H2,9,13). The molecule has 0 spiro atoms. The zero-order valence-electron chi connectivity index (χ0n) is 21.6. The summed E-state index contributed by atoms with van der Waals surface area (Å²) in [6.45, 7) is 5.84. The van der Waals surface area contributed by atoms with Gasteiger partial charge in [-0.05, 0) is 41.6 Å². The third-order valence-corrected chi connectivity index (χ3v) is 6.26. The van der Waals surface area contributed by atoms with Crippen molar-refractivity contribution >= 4 is 33.9 Å². The van der Waals surface area contributed by atoms with E-state index in [2.05, 4.69) is 16.1 Å². The molecule has 3 heterocycles. The van der Waals surface area contributed by atoms with Gasteiger partial charge >= 0.3 is 0 Å². The van der Waals surface area contributed by atoms with Crippen LogP contribution in [0.25, 0.3) is 22.1 Å². The van der Waals surface area contributed by atoms with Crippen molar-refractivity contribution in [2.75, 3.05) is 5.73 Å². The topological polar surface area (TPSA) is 138 Å². The van der Waals surface area contributed by atoms with Crippen LogP contribution >= 0.6 is 0 Å². The summed E-state index contributed by atoms with van der Waals surface area (Å²) in [6, 6.07) is 19.2. The highest BCUT2D eigenvalue weighted by atomic mass is 16.1. The summed E-state index contributed by atoms with van der Waals surface area (Å²) in [6.07, 6.45) is 4.24. The van der Waals surface area contributed by atoms with E-state index in [0.29, 0.717) is 17.5 Å². The summed E-state index contributed by atoms with van der Waals surface area (Å²) < 4.78 is 3.18. The van der Waals surface area contributed by atoms with E-state index in [1.165, 1.54) is 4.52 Å². The maximum atomic E-state index is 13.3. The van der Waals surface area contributed by atoms with Crippen LogP contribution in [0.4, 0.5) is 5.82 Å². The molecule has 0 atom stereocenters. The number of nitrogens with zero attached hydrogens (tertiary/aromatic N) is 4. The first kappa shape index (κ1) is 26.3. The van der Waals surface area contributed by atoms with Gasteiger partial charge in [-0.3, -0.25) is 19.0 Å². The number of ketones is 1. The van der Waals surface area contributed by atoms with E-state index >= 15 is 0 Å². The lowest BCUT2D eigenvalue weighted by Gasteiger charge is -2.15. The van der Waals surface area contributed by atoms with Crippen LogP contribution < -0.4 is 17.0 Å². The van der Waals surface area contributed by atoms with E-state index in [1.807, 2.05) is 69.3 Å². The summed E-state index contributed by atoms with van der Waals surface area (Å²) in [5, 5.41) is 5.42. The molecule has 2 aromatic carbocycles. The minimum atomic E-state index is -0.619. The fourth-order valence-electron chi connectivity index (χ4n) is 4.29. The van der Waals surface area contributed by atoms with Gasteiger partial charge in [-0.1, -0.05) is 57.2 Å². The zero-order valence-corrected chi connectivity index (χ0v) is 21.6. The second-order valence-corrected chi connectivity index (χ2v) is 9.16. The Labute approximate surface area is 219 Å². The molecule has 5 aromatic rings. The van der Waals surface area contributed by atoms with Gasteiger partial charge in [-0.2, -0.15) is 0 Å². The first-order valence-corrected chi connectivity index (χ1v) is 12.4. The smallest absolute Gasteiger partial charge is 0.263 e. The predicted molar refractivity (Wildman–Crippen MR) is 148 cm³/mol. The van der Waals surface area contributed by atoms with Crippen molar-refractivity contribution in [2.24, 2.45) is 11.7 Å². The third kappa shape index (κ3) is 5.17. The summed E-state index contributed by atoms with van der Waals surface area (Å²) in [4.78, 5) is 40.5. The fraction of sp³-hybridized carbons (Fsp3) is 0.207. The van der Waals surface area contributed by atoms with Gasteiger partial charge < -0.3 is 11.5 Å². The van der Waals surface area contributed by atoms with Gasteiger partial charge in [-0.25, -0.2) is 9.50 Å². The van der Waals surface area contributed by atoms with Crippen molar-refractivity contribution in [3.63, 3.8) is 0 Å². The molecule has 9 heteroatoms. The second-order valence-electron chi connectivity index (χ2n) is 9.16. The Bertz CT molecular complexity index is 1690. The molecule has 0 aliphatic rings. The molecule has 0 unspecified atom stereocenters. The highest BCUT2D eigenvalue weighted by Crippen LogP contribution is 2.21. The van der Waals surface area contributed by atoms with Crippen LogP contribution in [0.15, 0.2) is 77.9 Å². The van der Waals surface area contributed by atoms with Crippen molar-refractivity contribution in [3.05, 3.63) is 100 Å². The largest absolute Gasteiger partial charge is 0.381 e. The van der Waals surface area contributed by atoms with E-state index in [0.717, 1.165) is 28.8 Å². The van der Waals surface area contributed by atoms with E-state index in [4.69, 9.17) is 11.5 Å². The molecule has 0 aliphatic carbocycles. The van der Waals surface area contributed by atoms with Crippen molar-refractivity contribution in [1.29, 1.82) is 0 Å². The van der Waals surface area contributed by atoms with Gasteiger partial charge in [0.25, 0.3) is 11.5 Å². The molecular weight excluding hydrogens is 480 g/mol. The maximum Gasteiger partial charge on any atom is 0.263 e. The van der Waals surface area contributed by atoms with Gasteiger partial charge in [0, 0.05) is 36.1 Å². The molecule has 0 saturated carbocycles. The number of carbonyl (C=O) groups is 2. The summed E-state index contributed by atoms with van der Waals surface area (Å²) in [5.74, 6) is -0.406. The number of anilines is 1. The Hall–Kier alpha value is -4.79. The number of pyridine rings is 1. The first-order valence-electron chi connectivity index (χ1n) is 12.4. The minimum absolute atomic E-state index is 0.0403. The number of Topliss-reactive ketones (excluding diaryl/α,β-unsaturated/α-hetero) is 1. The number of nitrogens with two attached hydrogens (primary N) is 2. The van der Waals surface area contributed by atoms with E-state index < -0.39 is 5.91 Å². The number of primary amides is 1. The van der Waals surface area contributed by atoms with Crippen molar-refractivity contribution in [1.82, 2.24) is 19.2 Å². The second kappa shape index (κ2) is 11.1. The molecule has 194 valence electrons. The number of benzene rings is 2. The lowest BCUT2D eigenvalue weighted by atomic mass is 9.96.